The van der Waals surface area contributed by atoms with Gasteiger partial charge in [-0.3, -0.25) is 9.78 Å². The monoisotopic (exact) mass is 315 g/mol. The molecule has 0 saturated carbocycles. The summed E-state index contributed by atoms with van der Waals surface area (Å²) in [5, 5.41) is 4.11. The van der Waals surface area contributed by atoms with Crippen LogP contribution in [0.2, 0.25) is 0 Å². The van der Waals surface area contributed by atoms with Gasteiger partial charge in [0, 0.05) is 30.1 Å². The van der Waals surface area contributed by atoms with E-state index < -0.39 is 0 Å². The number of ether oxygens (including phenoxy) is 1. The second kappa shape index (κ2) is 6.02. The van der Waals surface area contributed by atoms with Crippen molar-refractivity contribution in [3.63, 3.8) is 0 Å². The lowest BCUT2D eigenvalue weighted by atomic mass is 9.93. The quantitative estimate of drug-likeness (QED) is 0.871. The first-order valence-electron chi connectivity index (χ1n) is 7.73. The molecule has 23 heavy (non-hydrogen) atoms. The van der Waals surface area contributed by atoms with Crippen LogP contribution in [0.5, 0.6) is 5.75 Å². The number of nitrogens with zero attached hydrogens (tertiary/aromatic N) is 3. The Labute approximate surface area is 135 Å². The molecule has 0 unspecified atom stereocenters. The van der Waals surface area contributed by atoms with Crippen molar-refractivity contribution in [3.05, 3.63) is 41.5 Å². The van der Waals surface area contributed by atoms with Crippen molar-refractivity contribution in [2.45, 2.75) is 40.3 Å². The number of rotatable bonds is 3. The molecule has 122 valence electrons. The van der Waals surface area contributed by atoms with Crippen LogP contribution in [0.3, 0.4) is 0 Å². The number of hydrogen-bond donors (Lipinski definition) is 0. The first-order chi connectivity index (χ1) is 10.9. The third kappa shape index (κ3) is 3.36. The second-order valence-electron chi connectivity index (χ2n) is 6.74. The summed E-state index contributed by atoms with van der Waals surface area (Å²) in [7, 11) is 0. The minimum absolute atomic E-state index is 0.142. The van der Waals surface area contributed by atoms with Gasteiger partial charge in [0.1, 0.15) is 23.8 Å². The maximum absolute atomic E-state index is 12.5. The van der Waals surface area contributed by atoms with Gasteiger partial charge in [-0.15, -0.1) is 0 Å². The molecule has 3 rings (SSSR count). The SMILES string of the molecule is CC(C)(C)C(=O)N1CCc2onc(COc3cccnc3)c2C1. The molecule has 0 saturated heterocycles. The number of aromatic nitrogens is 2. The fourth-order valence-electron chi connectivity index (χ4n) is 2.61. The summed E-state index contributed by atoms with van der Waals surface area (Å²) in [5.41, 5.74) is 1.33. The number of amides is 1. The minimum Gasteiger partial charge on any atom is -0.486 e. The third-order valence-electron chi connectivity index (χ3n) is 3.85. The molecule has 3 heterocycles. The lowest BCUT2D eigenvalue weighted by Gasteiger charge is -2.31. The summed E-state index contributed by atoms with van der Waals surface area (Å²) in [5.74, 6) is 1.68. The van der Waals surface area contributed by atoms with Gasteiger partial charge in [0.25, 0.3) is 0 Å². The largest absolute Gasteiger partial charge is 0.486 e. The molecule has 2 aromatic rings. The zero-order valence-electron chi connectivity index (χ0n) is 13.7. The molecule has 6 heteroatoms. The van der Waals surface area contributed by atoms with E-state index in [1.54, 1.807) is 12.4 Å². The molecule has 2 aromatic heterocycles. The fraction of sp³-hybridized carbons (Fsp3) is 0.471. The Bertz CT molecular complexity index is 689. The summed E-state index contributed by atoms with van der Waals surface area (Å²) in [6.45, 7) is 7.31. The molecule has 6 nitrogen and oxygen atoms in total. The van der Waals surface area contributed by atoms with E-state index in [0.717, 1.165) is 17.0 Å². The predicted octanol–water partition coefficient (Wildman–Crippen LogP) is 2.58. The Morgan fingerprint density at radius 3 is 2.96 bits per heavy atom. The molecular weight excluding hydrogens is 294 g/mol. The molecule has 0 aromatic carbocycles. The average molecular weight is 315 g/mol. The topological polar surface area (TPSA) is 68.5 Å². The van der Waals surface area contributed by atoms with Crippen molar-refractivity contribution in [1.29, 1.82) is 0 Å². The van der Waals surface area contributed by atoms with Gasteiger partial charge in [0.2, 0.25) is 5.91 Å². The Morgan fingerprint density at radius 1 is 1.43 bits per heavy atom. The number of hydrogen-bond acceptors (Lipinski definition) is 5. The molecule has 1 aliphatic heterocycles. The van der Waals surface area contributed by atoms with Gasteiger partial charge >= 0.3 is 0 Å². The molecule has 0 radical (unpaired) electrons. The molecule has 0 bridgehead atoms. The Kier molecular flexibility index (Phi) is 4.07. The van der Waals surface area contributed by atoms with Crippen molar-refractivity contribution in [2.24, 2.45) is 5.41 Å². The van der Waals surface area contributed by atoms with E-state index in [-0.39, 0.29) is 11.3 Å². The van der Waals surface area contributed by atoms with Crippen LogP contribution in [0.4, 0.5) is 0 Å². The van der Waals surface area contributed by atoms with E-state index in [0.29, 0.717) is 31.9 Å². The summed E-state index contributed by atoms with van der Waals surface area (Å²) in [6, 6.07) is 3.66. The normalized spacial score (nSPS) is 14.5. The summed E-state index contributed by atoms with van der Waals surface area (Å²) < 4.78 is 11.1. The van der Waals surface area contributed by atoms with Gasteiger partial charge in [-0.2, -0.15) is 0 Å². The zero-order chi connectivity index (χ0) is 16.4. The van der Waals surface area contributed by atoms with Gasteiger partial charge in [-0.1, -0.05) is 25.9 Å². The van der Waals surface area contributed by atoms with Crippen molar-refractivity contribution < 1.29 is 14.1 Å². The highest BCUT2D eigenvalue weighted by Gasteiger charge is 2.32. The standard InChI is InChI=1S/C17H21N3O3/c1-17(2,3)16(21)20-8-6-15-13(10-20)14(19-23-15)11-22-12-5-4-7-18-9-12/h4-5,7,9H,6,8,10-11H2,1-3H3. The van der Waals surface area contributed by atoms with Gasteiger partial charge in [0.05, 0.1) is 12.7 Å². The van der Waals surface area contributed by atoms with Crippen LogP contribution >= 0.6 is 0 Å². The van der Waals surface area contributed by atoms with Crippen LogP contribution in [0, 0.1) is 5.41 Å². The molecule has 0 spiro atoms. The van der Waals surface area contributed by atoms with Crippen molar-refractivity contribution >= 4 is 5.91 Å². The van der Waals surface area contributed by atoms with Crippen LogP contribution in [-0.4, -0.2) is 27.5 Å². The van der Waals surface area contributed by atoms with Crippen molar-refractivity contribution in [1.82, 2.24) is 15.0 Å². The van der Waals surface area contributed by atoms with E-state index >= 15 is 0 Å². The first-order valence-corrected chi connectivity index (χ1v) is 7.73. The number of pyridine rings is 1. The van der Waals surface area contributed by atoms with E-state index in [1.165, 1.54) is 0 Å². The van der Waals surface area contributed by atoms with E-state index in [9.17, 15) is 4.79 Å². The third-order valence-corrected chi connectivity index (χ3v) is 3.85. The van der Waals surface area contributed by atoms with Crippen LogP contribution in [-0.2, 0) is 24.4 Å². The molecule has 0 aliphatic carbocycles. The maximum atomic E-state index is 12.5. The van der Waals surface area contributed by atoms with Gasteiger partial charge in [0.15, 0.2) is 0 Å². The van der Waals surface area contributed by atoms with E-state index in [4.69, 9.17) is 9.26 Å². The Balaban J connectivity index is 1.72. The van der Waals surface area contributed by atoms with Gasteiger partial charge in [-0.25, -0.2) is 0 Å². The number of carbonyl (C=O) groups excluding carboxylic acids is 1. The van der Waals surface area contributed by atoms with Crippen LogP contribution < -0.4 is 4.74 Å². The lowest BCUT2D eigenvalue weighted by Crippen LogP contribution is -2.42. The summed E-state index contributed by atoms with van der Waals surface area (Å²) in [4.78, 5) is 18.4. The second-order valence-corrected chi connectivity index (χ2v) is 6.74. The van der Waals surface area contributed by atoms with E-state index in [2.05, 4.69) is 10.1 Å². The molecule has 0 N–H and O–H groups in total. The Hall–Kier alpha value is -2.37. The first kappa shape index (κ1) is 15.5. The average Bonchev–Trinajstić information content (AvgIpc) is 2.94. The highest BCUT2D eigenvalue weighted by atomic mass is 16.5. The smallest absolute Gasteiger partial charge is 0.228 e. The summed E-state index contributed by atoms with van der Waals surface area (Å²) >= 11 is 0. The number of carbonyl (C=O) groups is 1. The van der Waals surface area contributed by atoms with Crippen LogP contribution in [0.25, 0.3) is 0 Å². The zero-order valence-corrected chi connectivity index (χ0v) is 13.7. The molecule has 1 amide bonds. The van der Waals surface area contributed by atoms with Crippen molar-refractivity contribution in [3.8, 4) is 5.75 Å². The van der Waals surface area contributed by atoms with Crippen LogP contribution in [0.15, 0.2) is 29.0 Å². The lowest BCUT2D eigenvalue weighted by molar-refractivity contribution is -0.140. The minimum atomic E-state index is -0.388. The van der Waals surface area contributed by atoms with Crippen LogP contribution in [0.1, 0.15) is 37.8 Å². The van der Waals surface area contributed by atoms with Gasteiger partial charge < -0.3 is 14.2 Å². The highest BCUT2D eigenvalue weighted by Crippen LogP contribution is 2.27. The fourth-order valence-corrected chi connectivity index (χ4v) is 2.61. The number of fused-ring (bicyclic) bond motifs is 1. The molecule has 0 atom stereocenters. The summed E-state index contributed by atoms with van der Waals surface area (Å²) in [6.07, 6.45) is 4.04. The molecule has 1 aliphatic rings. The predicted molar refractivity (Wildman–Crippen MR) is 83.6 cm³/mol. The maximum Gasteiger partial charge on any atom is 0.228 e. The molecule has 0 fully saturated rings. The van der Waals surface area contributed by atoms with Crippen molar-refractivity contribution in [2.75, 3.05) is 6.54 Å². The van der Waals surface area contributed by atoms with E-state index in [1.807, 2.05) is 37.8 Å². The molecular formula is C17H21N3O3. The van der Waals surface area contributed by atoms with Gasteiger partial charge in [-0.05, 0) is 12.1 Å². The highest BCUT2D eigenvalue weighted by molar-refractivity contribution is 5.81. The Morgan fingerprint density at radius 2 is 2.26 bits per heavy atom.